The lowest BCUT2D eigenvalue weighted by Crippen LogP contribution is -2.44. The molecule has 2 atom stereocenters. The summed E-state index contributed by atoms with van der Waals surface area (Å²) in [7, 11) is 0. The molecule has 1 saturated heterocycles. The minimum absolute atomic E-state index is 0.497. The minimum Gasteiger partial charge on any atom is -0.509 e. The maximum atomic E-state index is 11.1. The van der Waals surface area contributed by atoms with Gasteiger partial charge < -0.3 is 10.2 Å². The highest BCUT2D eigenvalue weighted by atomic mass is 16.4. The highest BCUT2D eigenvalue weighted by molar-refractivity contribution is 6.11. The molecule has 1 aliphatic heterocycles. The monoisotopic (exact) mass is 181 g/mol. The summed E-state index contributed by atoms with van der Waals surface area (Å²) in [5.41, 5.74) is -2.09. The predicted octanol–water partition coefficient (Wildman–Crippen LogP) is -0.998. The van der Waals surface area contributed by atoms with Crippen LogP contribution in [-0.4, -0.2) is 27.6 Å². The average Bonchev–Trinajstić information content (AvgIpc) is 2.29. The van der Waals surface area contributed by atoms with E-state index in [2.05, 4.69) is 0 Å². The van der Waals surface area contributed by atoms with Gasteiger partial charge in [-0.1, -0.05) is 12.2 Å². The first kappa shape index (κ1) is 8.00. The van der Waals surface area contributed by atoms with Gasteiger partial charge in [-0.3, -0.25) is 14.9 Å². The van der Waals surface area contributed by atoms with Crippen LogP contribution in [0, 0.1) is 5.92 Å². The van der Waals surface area contributed by atoms with Gasteiger partial charge in [-0.15, -0.1) is 0 Å². The smallest absolute Gasteiger partial charge is 0.267 e. The summed E-state index contributed by atoms with van der Waals surface area (Å²) in [5.74, 6) is -2.97. The second kappa shape index (κ2) is 2.20. The fourth-order valence-corrected chi connectivity index (χ4v) is 1.50. The number of aliphatic hydroxyl groups excluding tert-OH is 1. The minimum atomic E-state index is -2.09. The van der Waals surface area contributed by atoms with Crippen LogP contribution in [0.5, 0.6) is 0 Å². The summed E-state index contributed by atoms with van der Waals surface area (Å²) in [6.45, 7) is 0. The Morgan fingerprint density at radius 2 is 2.15 bits per heavy atom. The van der Waals surface area contributed by atoms with Crippen molar-refractivity contribution in [2.24, 2.45) is 5.92 Å². The summed E-state index contributed by atoms with van der Waals surface area (Å²) < 4.78 is 0. The molecule has 68 valence electrons. The molecule has 2 amide bonds. The number of hydrogen-bond donors (Lipinski definition) is 3. The number of aliphatic hydroxyl groups is 2. The quantitative estimate of drug-likeness (QED) is 0.418. The summed E-state index contributed by atoms with van der Waals surface area (Å²) in [5, 5.41) is 20.9. The number of carbonyl (C=O) groups is 2. The van der Waals surface area contributed by atoms with Crippen molar-refractivity contribution in [2.75, 3.05) is 0 Å². The lowest BCUT2D eigenvalue weighted by Gasteiger charge is -2.24. The number of nitrogens with one attached hydrogen (secondary N) is 1. The number of amides is 2. The molecule has 3 N–H and O–H groups in total. The van der Waals surface area contributed by atoms with Crippen LogP contribution in [-0.2, 0) is 9.59 Å². The summed E-state index contributed by atoms with van der Waals surface area (Å²) >= 11 is 0. The molecule has 0 radical (unpaired) electrons. The summed E-state index contributed by atoms with van der Waals surface area (Å²) in [6, 6.07) is 0. The first-order valence-corrected chi connectivity index (χ1v) is 3.72. The van der Waals surface area contributed by atoms with Crippen LogP contribution < -0.4 is 5.32 Å². The van der Waals surface area contributed by atoms with Crippen molar-refractivity contribution < 1.29 is 19.8 Å². The van der Waals surface area contributed by atoms with Gasteiger partial charge in [0, 0.05) is 0 Å². The van der Waals surface area contributed by atoms with E-state index < -0.39 is 29.1 Å². The third-order valence-corrected chi connectivity index (χ3v) is 2.26. The zero-order chi connectivity index (χ0) is 9.64. The van der Waals surface area contributed by atoms with Crippen molar-refractivity contribution in [1.82, 2.24) is 5.32 Å². The molecule has 1 heterocycles. The van der Waals surface area contributed by atoms with Gasteiger partial charge in [-0.2, -0.15) is 0 Å². The van der Waals surface area contributed by atoms with E-state index in [9.17, 15) is 19.8 Å². The molecule has 0 aromatic heterocycles. The van der Waals surface area contributed by atoms with Gasteiger partial charge in [-0.25, -0.2) is 0 Å². The molecule has 0 bridgehead atoms. The topological polar surface area (TPSA) is 86.6 Å². The molecule has 5 heteroatoms. The highest BCUT2D eigenvalue weighted by Crippen LogP contribution is 2.33. The van der Waals surface area contributed by atoms with Crippen LogP contribution in [0.2, 0.25) is 0 Å². The average molecular weight is 181 g/mol. The van der Waals surface area contributed by atoms with Gasteiger partial charge in [-0.05, 0) is 6.08 Å². The highest BCUT2D eigenvalue weighted by Gasteiger charge is 2.57. The molecule has 0 aromatic carbocycles. The normalized spacial score (nSPS) is 37.0. The molecule has 0 saturated carbocycles. The van der Waals surface area contributed by atoms with Crippen molar-refractivity contribution >= 4 is 11.8 Å². The maximum absolute atomic E-state index is 11.1. The van der Waals surface area contributed by atoms with Crippen molar-refractivity contribution in [3.8, 4) is 0 Å². The standard InChI is InChI=1S/C8H7NO4/c10-5-3-1-2-4-6(11)9-7(12)8(4,5)13/h1-4,10,13H,(H,9,11,12). The molecular formula is C8H7NO4. The van der Waals surface area contributed by atoms with E-state index in [1.165, 1.54) is 18.2 Å². The van der Waals surface area contributed by atoms with E-state index >= 15 is 0 Å². The van der Waals surface area contributed by atoms with Gasteiger partial charge in [0.15, 0.2) is 0 Å². The van der Waals surface area contributed by atoms with Crippen LogP contribution in [0.1, 0.15) is 0 Å². The van der Waals surface area contributed by atoms with Crippen LogP contribution in [0.15, 0.2) is 24.0 Å². The van der Waals surface area contributed by atoms with Crippen molar-refractivity contribution in [3.05, 3.63) is 24.0 Å². The van der Waals surface area contributed by atoms with Gasteiger partial charge in [0.1, 0.15) is 11.7 Å². The Morgan fingerprint density at radius 1 is 1.46 bits per heavy atom. The third kappa shape index (κ3) is 0.790. The molecule has 2 aliphatic rings. The van der Waals surface area contributed by atoms with E-state index in [-0.39, 0.29) is 0 Å². The first-order valence-electron chi connectivity index (χ1n) is 3.72. The number of imide groups is 1. The van der Waals surface area contributed by atoms with E-state index in [0.717, 1.165) is 0 Å². The molecule has 2 unspecified atom stereocenters. The van der Waals surface area contributed by atoms with Gasteiger partial charge in [0.05, 0.1) is 0 Å². The second-order valence-electron chi connectivity index (χ2n) is 3.00. The molecule has 0 aromatic rings. The van der Waals surface area contributed by atoms with Gasteiger partial charge in [0.2, 0.25) is 11.5 Å². The lowest BCUT2D eigenvalue weighted by molar-refractivity contribution is -0.136. The Balaban J connectivity index is 2.55. The molecule has 0 spiro atoms. The molecule has 13 heavy (non-hydrogen) atoms. The Hall–Kier alpha value is -1.62. The summed E-state index contributed by atoms with van der Waals surface area (Å²) in [6.07, 6.45) is 3.99. The van der Waals surface area contributed by atoms with Crippen LogP contribution in [0.4, 0.5) is 0 Å². The second-order valence-corrected chi connectivity index (χ2v) is 3.00. The Morgan fingerprint density at radius 3 is 2.77 bits per heavy atom. The number of rotatable bonds is 0. The summed E-state index contributed by atoms with van der Waals surface area (Å²) in [4.78, 5) is 22.2. The van der Waals surface area contributed by atoms with E-state index in [0.29, 0.717) is 0 Å². The number of fused-ring (bicyclic) bond motifs is 1. The number of allylic oxidation sites excluding steroid dienone is 2. The zero-order valence-electron chi connectivity index (χ0n) is 6.52. The molecule has 2 rings (SSSR count). The molecule has 1 fully saturated rings. The van der Waals surface area contributed by atoms with Crippen LogP contribution >= 0.6 is 0 Å². The maximum Gasteiger partial charge on any atom is 0.267 e. The zero-order valence-corrected chi connectivity index (χ0v) is 6.52. The van der Waals surface area contributed by atoms with Crippen molar-refractivity contribution in [2.45, 2.75) is 5.60 Å². The number of hydrogen-bond acceptors (Lipinski definition) is 4. The van der Waals surface area contributed by atoms with E-state index in [4.69, 9.17) is 0 Å². The van der Waals surface area contributed by atoms with E-state index in [1.54, 1.807) is 0 Å². The largest absolute Gasteiger partial charge is 0.509 e. The Bertz CT molecular complexity index is 357. The Kier molecular flexibility index (Phi) is 1.35. The SMILES string of the molecule is O=C1NC(=O)C2(O)C(O)=CC=CC12. The molecular weight excluding hydrogens is 174 g/mol. The fourth-order valence-electron chi connectivity index (χ4n) is 1.50. The molecule has 1 aliphatic carbocycles. The Labute approximate surface area is 73.4 Å². The fraction of sp³-hybridized carbons (Fsp3) is 0.250. The van der Waals surface area contributed by atoms with Crippen LogP contribution in [0.25, 0.3) is 0 Å². The first-order chi connectivity index (χ1) is 6.06. The molecule has 5 nitrogen and oxygen atoms in total. The van der Waals surface area contributed by atoms with Gasteiger partial charge in [0.25, 0.3) is 5.91 Å². The van der Waals surface area contributed by atoms with E-state index in [1.807, 2.05) is 5.32 Å². The number of carbonyl (C=O) groups excluding carboxylic acids is 2. The van der Waals surface area contributed by atoms with Crippen molar-refractivity contribution in [1.29, 1.82) is 0 Å². The van der Waals surface area contributed by atoms with Gasteiger partial charge >= 0.3 is 0 Å². The predicted molar refractivity (Wildman–Crippen MR) is 41.4 cm³/mol. The van der Waals surface area contributed by atoms with Crippen molar-refractivity contribution in [3.63, 3.8) is 0 Å². The van der Waals surface area contributed by atoms with Crippen LogP contribution in [0.3, 0.4) is 0 Å². The lowest BCUT2D eigenvalue weighted by atomic mass is 9.84. The third-order valence-electron chi connectivity index (χ3n) is 2.26.